The molecule has 2 aromatic carbocycles. The normalized spacial score (nSPS) is 10.8. The van der Waals surface area contributed by atoms with Crippen molar-refractivity contribution in [3.05, 3.63) is 82.6 Å². The number of nitrogens with zero attached hydrogens (tertiary/aromatic N) is 1. The van der Waals surface area contributed by atoms with Gasteiger partial charge < -0.3 is 9.52 Å². The van der Waals surface area contributed by atoms with Crippen LogP contribution in [0.25, 0.3) is 11.3 Å². The number of carbonyl (C=O) groups is 2. The van der Waals surface area contributed by atoms with Gasteiger partial charge in [-0.25, -0.2) is 10.2 Å². The Morgan fingerprint density at radius 2 is 1.69 bits per heavy atom. The number of furan rings is 1. The lowest BCUT2D eigenvalue weighted by Crippen LogP contribution is -2.17. The largest absolute Gasteiger partial charge is 0.478 e. The maximum Gasteiger partial charge on any atom is 0.336 e. The molecule has 0 fully saturated rings. The Labute approximate surface area is 153 Å². The Kier molecular flexibility index (Phi) is 5.15. The van der Waals surface area contributed by atoms with Crippen LogP contribution in [-0.2, 0) is 0 Å². The van der Waals surface area contributed by atoms with E-state index in [0.717, 1.165) is 0 Å². The molecule has 1 amide bonds. The first kappa shape index (κ1) is 17.4. The van der Waals surface area contributed by atoms with Gasteiger partial charge in [-0.05, 0) is 30.3 Å². The number of halogens is 1. The summed E-state index contributed by atoms with van der Waals surface area (Å²) in [6, 6.07) is 16.4. The van der Waals surface area contributed by atoms with Crippen LogP contribution in [0.3, 0.4) is 0 Å². The van der Waals surface area contributed by atoms with Gasteiger partial charge in [0.25, 0.3) is 5.91 Å². The summed E-state index contributed by atoms with van der Waals surface area (Å²) in [5, 5.41) is 13.4. The number of benzene rings is 2. The topological polar surface area (TPSA) is 91.9 Å². The molecule has 0 atom stereocenters. The smallest absolute Gasteiger partial charge is 0.336 e. The minimum absolute atomic E-state index is 0.136. The fourth-order valence-corrected chi connectivity index (χ4v) is 2.53. The number of aromatic carboxylic acids is 1. The first-order valence-corrected chi connectivity index (χ1v) is 7.94. The number of hydrogen-bond donors (Lipinski definition) is 2. The van der Waals surface area contributed by atoms with Crippen LogP contribution in [0, 0.1) is 0 Å². The van der Waals surface area contributed by atoms with Gasteiger partial charge in [-0.2, -0.15) is 5.10 Å². The molecule has 0 aliphatic rings. The van der Waals surface area contributed by atoms with E-state index in [0.29, 0.717) is 27.7 Å². The van der Waals surface area contributed by atoms with Crippen molar-refractivity contribution in [2.45, 2.75) is 0 Å². The molecule has 0 unspecified atom stereocenters. The van der Waals surface area contributed by atoms with Gasteiger partial charge in [-0.1, -0.05) is 41.9 Å². The summed E-state index contributed by atoms with van der Waals surface area (Å²) in [6.07, 6.45) is 1.32. The third-order valence-corrected chi connectivity index (χ3v) is 3.86. The van der Waals surface area contributed by atoms with Crippen molar-refractivity contribution in [2.75, 3.05) is 0 Å². The van der Waals surface area contributed by atoms with Crippen molar-refractivity contribution in [2.24, 2.45) is 5.10 Å². The minimum Gasteiger partial charge on any atom is -0.478 e. The molecule has 7 heteroatoms. The number of nitrogens with one attached hydrogen (secondary N) is 1. The average molecular weight is 369 g/mol. The van der Waals surface area contributed by atoms with E-state index in [1.807, 2.05) is 0 Å². The number of rotatable bonds is 5. The second-order valence-corrected chi connectivity index (χ2v) is 5.64. The number of hydrogen-bond acceptors (Lipinski definition) is 4. The summed E-state index contributed by atoms with van der Waals surface area (Å²) >= 11 is 5.95. The standard InChI is InChI=1S/C19H13ClN2O4/c20-16-8-4-3-7-15(16)18(23)22-21-11-12-9-10-17(26-12)13-5-1-2-6-14(13)19(24)25/h1-11H,(H,22,23)(H,24,25)/b21-11-. The van der Waals surface area contributed by atoms with Crippen LogP contribution < -0.4 is 5.43 Å². The van der Waals surface area contributed by atoms with Crippen LogP contribution in [0.5, 0.6) is 0 Å². The quantitative estimate of drug-likeness (QED) is 0.524. The molecule has 0 radical (unpaired) electrons. The Balaban J connectivity index is 1.73. The molecule has 26 heavy (non-hydrogen) atoms. The second-order valence-electron chi connectivity index (χ2n) is 5.23. The fourth-order valence-electron chi connectivity index (χ4n) is 2.31. The zero-order valence-electron chi connectivity index (χ0n) is 13.3. The predicted octanol–water partition coefficient (Wildman–Crippen LogP) is 4.06. The predicted molar refractivity (Wildman–Crippen MR) is 97.6 cm³/mol. The highest BCUT2D eigenvalue weighted by molar-refractivity contribution is 6.33. The molecule has 3 aromatic rings. The Morgan fingerprint density at radius 3 is 2.42 bits per heavy atom. The van der Waals surface area contributed by atoms with E-state index < -0.39 is 11.9 Å². The van der Waals surface area contributed by atoms with E-state index in [9.17, 15) is 14.7 Å². The van der Waals surface area contributed by atoms with Gasteiger partial charge in [0.15, 0.2) is 0 Å². The van der Waals surface area contributed by atoms with Crippen molar-refractivity contribution in [3.63, 3.8) is 0 Å². The molecule has 130 valence electrons. The molecule has 1 heterocycles. The third kappa shape index (κ3) is 3.81. The van der Waals surface area contributed by atoms with E-state index in [1.165, 1.54) is 12.3 Å². The van der Waals surface area contributed by atoms with E-state index in [4.69, 9.17) is 16.0 Å². The fraction of sp³-hybridized carbons (Fsp3) is 0. The molecule has 0 saturated carbocycles. The van der Waals surface area contributed by atoms with E-state index in [-0.39, 0.29) is 5.56 Å². The summed E-state index contributed by atoms with van der Waals surface area (Å²) in [5.41, 5.74) is 3.26. The van der Waals surface area contributed by atoms with Crippen molar-refractivity contribution >= 4 is 29.7 Å². The number of amides is 1. The second kappa shape index (κ2) is 7.67. The van der Waals surface area contributed by atoms with Crippen molar-refractivity contribution in [1.82, 2.24) is 5.43 Å². The van der Waals surface area contributed by atoms with E-state index >= 15 is 0 Å². The molecular formula is C19H13ClN2O4. The highest BCUT2D eigenvalue weighted by atomic mass is 35.5. The maximum atomic E-state index is 12.0. The van der Waals surface area contributed by atoms with Gasteiger partial charge >= 0.3 is 5.97 Å². The van der Waals surface area contributed by atoms with Crippen molar-refractivity contribution < 1.29 is 19.1 Å². The Hall–Kier alpha value is -3.38. The van der Waals surface area contributed by atoms with Gasteiger partial charge in [-0.15, -0.1) is 0 Å². The van der Waals surface area contributed by atoms with Gasteiger partial charge in [-0.3, -0.25) is 4.79 Å². The maximum absolute atomic E-state index is 12.0. The van der Waals surface area contributed by atoms with Crippen molar-refractivity contribution in [3.8, 4) is 11.3 Å². The van der Waals surface area contributed by atoms with Crippen LogP contribution in [0.4, 0.5) is 0 Å². The summed E-state index contributed by atoms with van der Waals surface area (Å²) < 4.78 is 5.58. The molecule has 0 aliphatic carbocycles. The lowest BCUT2D eigenvalue weighted by Gasteiger charge is -2.02. The molecule has 1 aromatic heterocycles. The van der Waals surface area contributed by atoms with Crippen LogP contribution in [-0.4, -0.2) is 23.2 Å². The lowest BCUT2D eigenvalue weighted by molar-refractivity contribution is 0.0697. The summed E-state index contributed by atoms with van der Waals surface area (Å²) in [6.45, 7) is 0. The summed E-state index contributed by atoms with van der Waals surface area (Å²) in [7, 11) is 0. The van der Waals surface area contributed by atoms with Gasteiger partial charge in [0.1, 0.15) is 11.5 Å². The SMILES string of the molecule is O=C(N/N=C\c1ccc(-c2ccccc2C(=O)O)o1)c1ccccc1Cl. The molecule has 2 N–H and O–H groups in total. The van der Waals surface area contributed by atoms with Crippen molar-refractivity contribution in [1.29, 1.82) is 0 Å². The lowest BCUT2D eigenvalue weighted by atomic mass is 10.1. The zero-order chi connectivity index (χ0) is 18.5. The number of hydrazone groups is 1. The van der Waals surface area contributed by atoms with Gasteiger partial charge in [0, 0.05) is 5.56 Å². The van der Waals surface area contributed by atoms with Crippen LogP contribution in [0.1, 0.15) is 26.5 Å². The number of carboxylic acid groups (broad SMARTS) is 1. The molecule has 3 rings (SSSR count). The average Bonchev–Trinajstić information content (AvgIpc) is 3.10. The first-order chi connectivity index (χ1) is 12.6. The summed E-state index contributed by atoms with van der Waals surface area (Å²) in [4.78, 5) is 23.3. The Morgan fingerprint density at radius 1 is 1.00 bits per heavy atom. The zero-order valence-corrected chi connectivity index (χ0v) is 14.1. The van der Waals surface area contributed by atoms with Crippen LogP contribution in [0.15, 0.2) is 70.2 Å². The van der Waals surface area contributed by atoms with Crippen LogP contribution >= 0.6 is 11.6 Å². The molecule has 6 nitrogen and oxygen atoms in total. The van der Waals surface area contributed by atoms with E-state index in [1.54, 1.807) is 54.6 Å². The number of carbonyl (C=O) groups excluding carboxylic acids is 1. The van der Waals surface area contributed by atoms with Gasteiger partial charge in [0.05, 0.1) is 22.4 Å². The third-order valence-electron chi connectivity index (χ3n) is 3.53. The monoisotopic (exact) mass is 368 g/mol. The molecule has 0 spiro atoms. The van der Waals surface area contributed by atoms with Crippen LogP contribution in [0.2, 0.25) is 5.02 Å². The minimum atomic E-state index is -1.04. The highest BCUT2D eigenvalue weighted by Crippen LogP contribution is 2.25. The molecule has 0 aliphatic heterocycles. The molecule has 0 bridgehead atoms. The van der Waals surface area contributed by atoms with E-state index in [2.05, 4.69) is 10.5 Å². The first-order valence-electron chi connectivity index (χ1n) is 7.56. The molecular weight excluding hydrogens is 356 g/mol. The molecule has 0 saturated heterocycles. The Bertz CT molecular complexity index is 994. The number of carboxylic acids is 1. The summed E-state index contributed by atoms with van der Waals surface area (Å²) in [5.74, 6) is -0.740. The van der Waals surface area contributed by atoms with Gasteiger partial charge in [0.2, 0.25) is 0 Å². The highest BCUT2D eigenvalue weighted by Gasteiger charge is 2.13.